The van der Waals surface area contributed by atoms with E-state index in [1.807, 2.05) is 6.92 Å². The zero-order valence-corrected chi connectivity index (χ0v) is 16.8. The highest BCUT2D eigenvalue weighted by Gasteiger charge is 2.38. The van der Waals surface area contributed by atoms with Crippen LogP contribution in [0.5, 0.6) is 0 Å². The van der Waals surface area contributed by atoms with Gasteiger partial charge in [-0.3, -0.25) is 9.89 Å². The van der Waals surface area contributed by atoms with E-state index in [9.17, 15) is 9.18 Å². The van der Waals surface area contributed by atoms with Gasteiger partial charge in [0.15, 0.2) is 5.69 Å². The van der Waals surface area contributed by atoms with Crippen molar-refractivity contribution in [3.05, 3.63) is 71.3 Å². The van der Waals surface area contributed by atoms with Crippen molar-refractivity contribution in [2.75, 3.05) is 6.54 Å². The lowest BCUT2D eigenvalue weighted by Crippen LogP contribution is -2.41. The van der Waals surface area contributed by atoms with E-state index < -0.39 is 17.8 Å². The largest absolute Gasteiger partial charge is 0.411 e. The summed E-state index contributed by atoms with van der Waals surface area (Å²) in [6, 6.07) is 3.91. The first-order valence-electron chi connectivity index (χ1n) is 9.91. The monoisotopic (exact) mass is 433 g/mol. The summed E-state index contributed by atoms with van der Waals surface area (Å²) in [5, 5.41) is 19.2. The number of pyridine rings is 1. The lowest BCUT2D eigenvalue weighted by molar-refractivity contribution is 0.0646. The van der Waals surface area contributed by atoms with Crippen molar-refractivity contribution in [2.24, 2.45) is 0 Å². The highest BCUT2D eigenvalue weighted by molar-refractivity contribution is 5.90. The van der Waals surface area contributed by atoms with Crippen LogP contribution in [-0.2, 0) is 6.42 Å². The average Bonchev–Trinajstić information content (AvgIpc) is 3.57. The Kier molecular flexibility index (Phi) is 3.93. The van der Waals surface area contributed by atoms with Crippen LogP contribution in [-0.4, -0.2) is 57.3 Å². The number of imidazole rings is 1. The van der Waals surface area contributed by atoms with Crippen LogP contribution in [0.4, 0.5) is 4.39 Å². The van der Waals surface area contributed by atoms with E-state index in [4.69, 9.17) is 4.42 Å². The van der Waals surface area contributed by atoms with Crippen molar-refractivity contribution in [2.45, 2.75) is 19.4 Å². The van der Waals surface area contributed by atoms with Crippen molar-refractivity contribution in [1.29, 1.82) is 0 Å². The molecule has 0 unspecified atom stereocenters. The first kappa shape index (κ1) is 18.4. The predicted molar refractivity (Wildman–Crippen MR) is 107 cm³/mol. The maximum absolute atomic E-state index is 14.3. The van der Waals surface area contributed by atoms with Gasteiger partial charge < -0.3 is 14.3 Å². The van der Waals surface area contributed by atoms with Gasteiger partial charge in [0.25, 0.3) is 5.89 Å². The minimum Gasteiger partial charge on any atom is -0.411 e. The van der Waals surface area contributed by atoms with Crippen molar-refractivity contribution in [1.82, 2.24) is 44.9 Å². The summed E-state index contributed by atoms with van der Waals surface area (Å²) in [5.74, 6) is -0.886. The second-order valence-corrected chi connectivity index (χ2v) is 7.50. The first-order chi connectivity index (χ1) is 15.6. The minimum absolute atomic E-state index is 0.149. The van der Waals surface area contributed by atoms with E-state index in [0.717, 1.165) is 11.3 Å². The fraction of sp³-hybridized carbons (Fsp3) is 0.200. The standard InChI is InChI=1S/C20H16FN9O2/c1-10-8-24-25-15(10)18-26-27-19(32-18)20(31)29-6-4-12-16(23-9-22-12)17(29)13-7-14-11(21)3-2-5-30(14)28-13/h2-3,5,7-9,17H,4,6H2,1H3,(H,22,23)(H,24,25)/t17-/m1/s1. The number of hydrogen-bond donors (Lipinski definition) is 2. The molecule has 1 atom stereocenters. The van der Waals surface area contributed by atoms with Gasteiger partial charge >= 0.3 is 11.8 Å². The number of nitrogens with zero attached hydrogens (tertiary/aromatic N) is 7. The van der Waals surface area contributed by atoms with Crippen LogP contribution in [0, 0.1) is 12.7 Å². The second-order valence-electron chi connectivity index (χ2n) is 7.50. The highest BCUT2D eigenvalue weighted by atomic mass is 19.1. The number of hydrogen-bond acceptors (Lipinski definition) is 7. The molecule has 0 aliphatic carbocycles. The number of rotatable bonds is 3. The number of aryl methyl sites for hydroxylation is 1. The Morgan fingerprint density at radius 2 is 2.25 bits per heavy atom. The maximum atomic E-state index is 14.3. The lowest BCUT2D eigenvalue weighted by atomic mass is 9.99. The molecule has 11 nitrogen and oxygen atoms in total. The molecule has 6 rings (SSSR count). The quantitative estimate of drug-likeness (QED) is 0.445. The number of carbonyl (C=O) groups excluding carboxylic acids is 1. The molecule has 5 aromatic rings. The average molecular weight is 433 g/mol. The number of carbonyl (C=O) groups is 1. The van der Waals surface area contributed by atoms with Gasteiger partial charge in [-0.05, 0) is 30.7 Å². The van der Waals surface area contributed by atoms with Gasteiger partial charge in [-0.1, -0.05) is 0 Å². The third-order valence-corrected chi connectivity index (χ3v) is 5.58. The summed E-state index contributed by atoms with van der Waals surface area (Å²) >= 11 is 0. The Bertz CT molecular complexity index is 1460. The molecule has 32 heavy (non-hydrogen) atoms. The minimum atomic E-state index is -0.640. The second kappa shape index (κ2) is 6.83. The Morgan fingerprint density at radius 1 is 1.34 bits per heavy atom. The fourth-order valence-electron chi connectivity index (χ4n) is 4.02. The molecule has 0 fully saturated rings. The SMILES string of the molecule is Cc1c[nH]nc1-c1nnc(C(=O)N2CCc3[nH]cnc3[C@H]2c2cc3c(F)cccn3n2)o1. The molecule has 2 N–H and O–H groups in total. The summed E-state index contributed by atoms with van der Waals surface area (Å²) in [5.41, 5.74) is 3.64. The highest BCUT2D eigenvalue weighted by Crippen LogP contribution is 2.34. The van der Waals surface area contributed by atoms with E-state index in [1.54, 1.807) is 35.8 Å². The maximum Gasteiger partial charge on any atom is 0.312 e. The van der Waals surface area contributed by atoms with E-state index in [1.165, 1.54) is 10.6 Å². The molecule has 0 radical (unpaired) electrons. The predicted octanol–water partition coefficient (Wildman–Crippen LogP) is 2.07. The Hall–Kier alpha value is -4.35. The number of H-pyrrole nitrogens is 2. The van der Waals surface area contributed by atoms with E-state index in [2.05, 4.69) is 35.5 Å². The van der Waals surface area contributed by atoms with Gasteiger partial charge in [-0.25, -0.2) is 13.9 Å². The van der Waals surface area contributed by atoms with Crippen LogP contribution < -0.4 is 0 Å². The van der Waals surface area contributed by atoms with Crippen LogP contribution in [0.3, 0.4) is 0 Å². The van der Waals surface area contributed by atoms with E-state index >= 15 is 0 Å². The van der Waals surface area contributed by atoms with Crippen LogP contribution in [0.15, 0.2) is 41.3 Å². The summed E-state index contributed by atoms with van der Waals surface area (Å²) in [6.45, 7) is 2.21. The number of nitrogens with one attached hydrogen (secondary N) is 2. The molecule has 1 aliphatic rings. The summed E-state index contributed by atoms with van der Waals surface area (Å²) in [6.07, 6.45) is 5.49. The third kappa shape index (κ3) is 2.72. The summed E-state index contributed by atoms with van der Waals surface area (Å²) in [4.78, 5) is 22.5. The van der Waals surface area contributed by atoms with Crippen LogP contribution in [0.1, 0.15) is 39.4 Å². The fourth-order valence-corrected chi connectivity index (χ4v) is 4.02. The molecule has 160 valence electrons. The van der Waals surface area contributed by atoms with E-state index in [0.29, 0.717) is 35.6 Å². The topological polar surface area (TPSA) is 134 Å². The van der Waals surface area contributed by atoms with Gasteiger partial charge in [-0.15, -0.1) is 10.2 Å². The summed E-state index contributed by atoms with van der Waals surface area (Å²) < 4.78 is 21.4. The Labute approximate surface area is 179 Å². The first-order valence-corrected chi connectivity index (χ1v) is 9.91. The van der Waals surface area contributed by atoms with Crippen molar-refractivity contribution < 1.29 is 13.6 Å². The van der Waals surface area contributed by atoms with Crippen molar-refractivity contribution in [3.63, 3.8) is 0 Å². The molecule has 1 aliphatic heterocycles. The molecule has 0 bridgehead atoms. The van der Waals surface area contributed by atoms with E-state index in [-0.39, 0.29) is 11.8 Å². The van der Waals surface area contributed by atoms with Gasteiger partial charge in [-0.2, -0.15) is 10.2 Å². The molecule has 0 spiro atoms. The van der Waals surface area contributed by atoms with Gasteiger partial charge in [0.05, 0.1) is 17.7 Å². The van der Waals surface area contributed by atoms with Crippen LogP contribution >= 0.6 is 0 Å². The number of halogens is 1. The van der Waals surface area contributed by atoms with Gasteiger partial charge in [0, 0.05) is 31.1 Å². The van der Waals surface area contributed by atoms with Crippen LogP contribution in [0.25, 0.3) is 17.1 Å². The molecule has 0 saturated heterocycles. The normalized spacial score (nSPS) is 15.9. The Morgan fingerprint density at radius 3 is 3.06 bits per heavy atom. The molecule has 0 aromatic carbocycles. The molecular formula is C20H16FN9O2. The number of aromatic nitrogens is 8. The molecular weight excluding hydrogens is 417 g/mol. The van der Waals surface area contributed by atoms with Gasteiger partial charge in [0.2, 0.25) is 0 Å². The molecule has 12 heteroatoms. The zero-order chi connectivity index (χ0) is 21.8. The molecule has 6 heterocycles. The smallest absolute Gasteiger partial charge is 0.312 e. The number of aromatic amines is 2. The molecule has 5 aromatic heterocycles. The number of amides is 1. The van der Waals surface area contributed by atoms with Crippen molar-refractivity contribution >= 4 is 11.4 Å². The van der Waals surface area contributed by atoms with Gasteiger partial charge in [0.1, 0.15) is 17.4 Å². The van der Waals surface area contributed by atoms with Crippen molar-refractivity contribution in [3.8, 4) is 11.6 Å². The molecule has 1 amide bonds. The Balaban J connectivity index is 1.42. The molecule has 0 saturated carbocycles. The third-order valence-electron chi connectivity index (χ3n) is 5.58. The number of fused-ring (bicyclic) bond motifs is 2. The lowest BCUT2D eigenvalue weighted by Gasteiger charge is -2.32. The summed E-state index contributed by atoms with van der Waals surface area (Å²) in [7, 11) is 0. The van der Waals surface area contributed by atoms with Crippen LogP contribution in [0.2, 0.25) is 0 Å². The zero-order valence-electron chi connectivity index (χ0n) is 16.8.